The van der Waals surface area contributed by atoms with Crippen molar-refractivity contribution in [1.29, 1.82) is 0 Å². The molecule has 0 atom stereocenters. The van der Waals surface area contributed by atoms with Crippen molar-refractivity contribution in [3.8, 4) is 0 Å². The molecular weight excluding hydrogens is 315 g/mol. The number of hydrogen-bond donors (Lipinski definition) is 0. The molecule has 1 aromatic rings. The number of hydrogen-bond acceptors (Lipinski definition) is 4. The minimum atomic E-state index is -3.57. The van der Waals surface area contributed by atoms with E-state index in [2.05, 4.69) is 20.7 Å². The number of ether oxygens (including phenoxy) is 1. The Morgan fingerprint density at radius 3 is 2.65 bits per heavy atom. The summed E-state index contributed by atoms with van der Waals surface area (Å²) in [5.74, 6) is -1.41. The fraction of sp³-hybridized carbons (Fsp3) is 0.300. The van der Waals surface area contributed by atoms with Crippen molar-refractivity contribution >= 4 is 31.7 Å². The first-order chi connectivity index (χ1) is 7.83. The highest BCUT2D eigenvalue weighted by Crippen LogP contribution is 2.20. The van der Waals surface area contributed by atoms with E-state index >= 15 is 0 Å². The molecule has 1 rings (SSSR count). The molecule has 0 heterocycles. The lowest BCUT2D eigenvalue weighted by Crippen LogP contribution is -2.14. The molecule has 0 spiro atoms. The van der Waals surface area contributed by atoms with Gasteiger partial charge in [-0.3, -0.25) is 4.79 Å². The second-order valence-corrected chi connectivity index (χ2v) is 6.20. The van der Waals surface area contributed by atoms with Crippen LogP contribution >= 0.6 is 15.9 Å². The average Bonchev–Trinajstić information content (AvgIpc) is 2.21. The third kappa shape index (κ3) is 4.08. The van der Waals surface area contributed by atoms with Crippen LogP contribution in [0.4, 0.5) is 4.39 Å². The first-order valence-electron chi connectivity index (χ1n) is 4.64. The van der Waals surface area contributed by atoms with Crippen LogP contribution in [0.25, 0.3) is 0 Å². The number of carbonyl (C=O) groups is 1. The minimum absolute atomic E-state index is 0.0158. The standard InChI is InChI=1S/C10H10BrFO4S/c1-7(13)16-4-5-17(14,15)8-2-3-10(12)9(11)6-8/h2-3,6H,4-5H2,1H3. The number of sulfone groups is 1. The largest absolute Gasteiger partial charge is 0.465 e. The van der Waals surface area contributed by atoms with Crippen LogP contribution in [0, 0.1) is 5.82 Å². The van der Waals surface area contributed by atoms with Crippen LogP contribution < -0.4 is 0 Å². The van der Waals surface area contributed by atoms with Crippen LogP contribution in [-0.4, -0.2) is 26.7 Å². The van der Waals surface area contributed by atoms with Crippen LogP contribution in [0.1, 0.15) is 6.92 Å². The molecule has 0 aliphatic rings. The summed E-state index contributed by atoms with van der Waals surface area (Å²) in [6.07, 6.45) is 0. The molecule has 0 bridgehead atoms. The molecule has 17 heavy (non-hydrogen) atoms. The van der Waals surface area contributed by atoms with Gasteiger partial charge in [-0.05, 0) is 34.1 Å². The van der Waals surface area contributed by atoms with E-state index in [1.54, 1.807) is 0 Å². The Bertz CT molecular complexity index is 527. The third-order valence-electron chi connectivity index (χ3n) is 1.91. The van der Waals surface area contributed by atoms with Crippen molar-refractivity contribution in [2.24, 2.45) is 0 Å². The molecule has 0 unspecified atom stereocenters. The van der Waals surface area contributed by atoms with Gasteiger partial charge in [-0.15, -0.1) is 0 Å². The van der Waals surface area contributed by atoms with Gasteiger partial charge in [0.05, 0.1) is 15.1 Å². The van der Waals surface area contributed by atoms with Crippen molar-refractivity contribution in [2.45, 2.75) is 11.8 Å². The second-order valence-electron chi connectivity index (χ2n) is 3.23. The summed E-state index contributed by atoms with van der Waals surface area (Å²) in [6.45, 7) is 0.980. The molecule has 0 aliphatic heterocycles. The first kappa shape index (κ1) is 14.1. The first-order valence-corrected chi connectivity index (χ1v) is 7.08. The molecule has 0 aliphatic carbocycles. The third-order valence-corrected chi connectivity index (χ3v) is 4.19. The van der Waals surface area contributed by atoms with Gasteiger partial charge < -0.3 is 4.74 Å². The molecular formula is C10H10BrFO4S. The van der Waals surface area contributed by atoms with Crippen LogP contribution in [0.5, 0.6) is 0 Å². The predicted molar refractivity (Wildman–Crippen MR) is 62.8 cm³/mol. The van der Waals surface area contributed by atoms with Gasteiger partial charge in [0, 0.05) is 6.92 Å². The Kier molecular flexibility index (Phi) is 4.64. The lowest BCUT2D eigenvalue weighted by molar-refractivity contribution is -0.140. The van der Waals surface area contributed by atoms with Crippen molar-refractivity contribution < 1.29 is 22.3 Å². The van der Waals surface area contributed by atoms with Gasteiger partial charge >= 0.3 is 5.97 Å². The lowest BCUT2D eigenvalue weighted by atomic mass is 10.3. The summed E-state index contributed by atoms with van der Waals surface area (Å²) in [4.78, 5) is 10.5. The van der Waals surface area contributed by atoms with Gasteiger partial charge in [-0.2, -0.15) is 0 Å². The fourth-order valence-corrected chi connectivity index (χ4v) is 2.72. The summed E-state index contributed by atoms with van der Waals surface area (Å²) >= 11 is 2.91. The zero-order chi connectivity index (χ0) is 13.1. The van der Waals surface area contributed by atoms with Gasteiger partial charge in [0.1, 0.15) is 12.4 Å². The summed E-state index contributed by atoms with van der Waals surface area (Å²) in [7, 11) is -3.57. The molecule has 0 saturated carbocycles. The maximum Gasteiger partial charge on any atom is 0.302 e. The molecule has 7 heteroatoms. The zero-order valence-electron chi connectivity index (χ0n) is 8.94. The smallest absolute Gasteiger partial charge is 0.302 e. The Balaban J connectivity index is 2.82. The number of esters is 1. The quantitative estimate of drug-likeness (QED) is 0.627. The Morgan fingerprint density at radius 1 is 1.47 bits per heavy atom. The molecule has 0 aromatic heterocycles. The highest BCUT2D eigenvalue weighted by Gasteiger charge is 2.16. The average molecular weight is 325 g/mol. The second kappa shape index (κ2) is 5.59. The van der Waals surface area contributed by atoms with Crippen molar-refractivity contribution in [3.63, 3.8) is 0 Å². The van der Waals surface area contributed by atoms with Gasteiger partial charge in [0.2, 0.25) is 0 Å². The number of halogens is 2. The minimum Gasteiger partial charge on any atom is -0.465 e. The van der Waals surface area contributed by atoms with E-state index in [1.165, 1.54) is 19.1 Å². The maximum atomic E-state index is 12.9. The highest BCUT2D eigenvalue weighted by molar-refractivity contribution is 9.10. The molecule has 0 N–H and O–H groups in total. The van der Waals surface area contributed by atoms with E-state index < -0.39 is 21.6 Å². The van der Waals surface area contributed by atoms with E-state index in [4.69, 9.17) is 0 Å². The molecule has 0 fully saturated rings. The van der Waals surface area contributed by atoms with E-state index in [0.29, 0.717) is 0 Å². The normalized spacial score (nSPS) is 11.2. The van der Waals surface area contributed by atoms with Crippen molar-refractivity contribution in [3.05, 3.63) is 28.5 Å². The van der Waals surface area contributed by atoms with Crippen molar-refractivity contribution in [1.82, 2.24) is 0 Å². The SMILES string of the molecule is CC(=O)OCCS(=O)(=O)c1ccc(F)c(Br)c1. The van der Waals surface area contributed by atoms with E-state index in [0.717, 1.165) is 6.07 Å². The van der Waals surface area contributed by atoms with Gasteiger partial charge in [-0.1, -0.05) is 0 Å². The highest BCUT2D eigenvalue weighted by atomic mass is 79.9. The lowest BCUT2D eigenvalue weighted by Gasteiger charge is -2.05. The van der Waals surface area contributed by atoms with Crippen LogP contribution in [0.2, 0.25) is 0 Å². The molecule has 0 saturated heterocycles. The summed E-state index contributed by atoms with van der Waals surface area (Å²) in [6, 6.07) is 3.41. The monoisotopic (exact) mass is 324 g/mol. The molecule has 1 aromatic carbocycles. The van der Waals surface area contributed by atoms with E-state index in [9.17, 15) is 17.6 Å². The van der Waals surface area contributed by atoms with E-state index in [-0.39, 0.29) is 21.7 Å². The zero-order valence-corrected chi connectivity index (χ0v) is 11.3. The molecule has 94 valence electrons. The Hall–Kier alpha value is -0.950. The van der Waals surface area contributed by atoms with Crippen LogP contribution in [0.15, 0.2) is 27.6 Å². The number of rotatable bonds is 4. The van der Waals surface area contributed by atoms with Gasteiger partial charge in [0.15, 0.2) is 9.84 Å². The Labute approximate surface area is 107 Å². The summed E-state index contributed by atoms with van der Waals surface area (Å²) < 4.78 is 41.0. The topological polar surface area (TPSA) is 60.4 Å². The number of benzene rings is 1. The number of carbonyl (C=O) groups excluding carboxylic acids is 1. The Morgan fingerprint density at radius 2 is 2.12 bits per heavy atom. The summed E-state index contributed by atoms with van der Waals surface area (Å²) in [5, 5.41) is 0. The van der Waals surface area contributed by atoms with Crippen LogP contribution in [-0.2, 0) is 19.4 Å². The molecule has 0 amide bonds. The van der Waals surface area contributed by atoms with Gasteiger partial charge in [0.25, 0.3) is 0 Å². The van der Waals surface area contributed by atoms with Gasteiger partial charge in [-0.25, -0.2) is 12.8 Å². The predicted octanol–water partition coefficient (Wildman–Crippen LogP) is 1.93. The summed E-state index contributed by atoms with van der Waals surface area (Å²) in [5.41, 5.74) is 0. The molecule has 0 radical (unpaired) electrons. The van der Waals surface area contributed by atoms with E-state index in [1.807, 2.05) is 0 Å². The maximum absolute atomic E-state index is 12.9. The van der Waals surface area contributed by atoms with Crippen LogP contribution in [0.3, 0.4) is 0 Å². The fourth-order valence-electron chi connectivity index (χ4n) is 1.08. The van der Waals surface area contributed by atoms with Crippen molar-refractivity contribution in [2.75, 3.05) is 12.4 Å². The molecule has 4 nitrogen and oxygen atoms in total.